The molecule has 1 unspecified atom stereocenters. The third kappa shape index (κ3) is 4.54. The van der Waals surface area contributed by atoms with E-state index < -0.39 is 18.8 Å². The van der Waals surface area contributed by atoms with Crippen molar-refractivity contribution in [2.75, 3.05) is 20.3 Å². The lowest BCUT2D eigenvalue weighted by Gasteiger charge is -2.16. The Bertz CT molecular complexity index is 305. The van der Waals surface area contributed by atoms with Gasteiger partial charge in [0.15, 0.2) is 0 Å². The predicted molar refractivity (Wildman–Crippen MR) is 50.7 cm³/mol. The number of nitrogens with one attached hydrogen (secondary N) is 1. The third-order valence-corrected chi connectivity index (χ3v) is 1.84. The Morgan fingerprint density at radius 1 is 1.44 bits per heavy atom. The van der Waals surface area contributed by atoms with E-state index in [1.54, 1.807) is 7.05 Å². The van der Waals surface area contributed by atoms with Gasteiger partial charge in [-0.3, -0.25) is 9.97 Å². The quantitative estimate of drug-likeness (QED) is 0.836. The van der Waals surface area contributed by atoms with E-state index in [0.717, 1.165) is 0 Å². The summed E-state index contributed by atoms with van der Waals surface area (Å²) in [5, 5.41) is 2.81. The minimum atomic E-state index is -4.30. The van der Waals surface area contributed by atoms with Crippen molar-refractivity contribution in [3.8, 4) is 0 Å². The molecule has 16 heavy (non-hydrogen) atoms. The van der Waals surface area contributed by atoms with Crippen molar-refractivity contribution in [1.82, 2.24) is 15.3 Å². The van der Waals surface area contributed by atoms with Gasteiger partial charge >= 0.3 is 6.18 Å². The standard InChI is InChI=1S/C9H12F3N3O/c1-13-8(5-16-6-9(10,11)12)7-4-14-2-3-15-7/h2-4,8,13H,5-6H2,1H3. The summed E-state index contributed by atoms with van der Waals surface area (Å²) in [6.07, 6.45) is 0.148. The summed E-state index contributed by atoms with van der Waals surface area (Å²) in [4.78, 5) is 7.81. The summed E-state index contributed by atoms with van der Waals surface area (Å²) in [6.45, 7) is -1.36. The number of likely N-dealkylation sites (N-methyl/N-ethyl adjacent to an activating group) is 1. The van der Waals surface area contributed by atoms with Crippen molar-refractivity contribution in [2.45, 2.75) is 12.2 Å². The van der Waals surface area contributed by atoms with Gasteiger partial charge in [0.25, 0.3) is 0 Å². The molecule has 0 aliphatic carbocycles. The van der Waals surface area contributed by atoms with Crippen LogP contribution in [-0.4, -0.2) is 36.4 Å². The van der Waals surface area contributed by atoms with Crippen LogP contribution in [0.3, 0.4) is 0 Å². The van der Waals surface area contributed by atoms with Crippen molar-refractivity contribution < 1.29 is 17.9 Å². The second-order valence-electron chi connectivity index (χ2n) is 3.10. The normalized spacial score (nSPS) is 13.8. The van der Waals surface area contributed by atoms with Crippen molar-refractivity contribution >= 4 is 0 Å². The molecule has 1 aromatic rings. The molecule has 1 heterocycles. The van der Waals surface area contributed by atoms with Crippen LogP contribution in [0, 0.1) is 0 Å². The number of hydrogen-bond acceptors (Lipinski definition) is 4. The zero-order valence-electron chi connectivity index (χ0n) is 8.66. The van der Waals surface area contributed by atoms with E-state index in [9.17, 15) is 13.2 Å². The molecular formula is C9H12F3N3O. The fourth-order valence-corrected chi connectivity index (χ4v) is 1.10. The first kappa shape index (κ1) is 12.9. The van der Waals surface area contributed by atoms with Crippen LogP contribution >= 0.6 is 0 Å². The number of rotatable bonds is 5. The minimum absolute atomic E-state index is 0.102. The first-order valence-corrected chi connectivity index (χ1v) is 4.60. The van der Waals surface area contributed by atoms with E-state index >= 15 is 0 Å². The summed E-state index contributed by atoms with van der Waals surface area (Å²) in [5.41, 5.74) is 0.548. The number of nitrogens with zero attached hydrogens (tertiary/aromatic N) is 2. The second kappa shape index (κ2) is 5.76. The molecule has 0 saturated carbocycles. The zero-order chi connectivity index (χ0) is 12.0. The molecule has 1 N–H and O–H groups in total. The number of aromatic nitrogens is 2. The van der Waals surface area contributed by atoms with E-state index in [-0.39, 0.29) is 6.61 Å². The Kier molecular flexibility index (Phi) is 4.63. The van der Waals surface area contributed by atoms with Gasteiger partial charge in [-0.05, 0) is 7.05 Å². The Morgan fingerprint density at radius 2 is 2.19 bits per heavy atom. The SMILES string of the molecule is CNC(COCC(F)(F)F)c1cnccn1. The molecule has 1 rings (SSSR count). The fraction of sp³-hybridized carbons (Fsp3) is 0.556. The average molecular weight is 235 g/mol. The summed E-state index contributed by atoms with van der Waals surface area (Å²) < 4.78 is 40.1. The maximum Gasteiger partial charge on any atom is 0.411 e. The van der Waals surface area contributed by atoms with Crippen molar-refractivity contribution in [1.29, 1.82) is 0 Å². The van der Waals surface area contributed by atoms with Gasteiger partial charge in [-0.1, -0.05) is 0 Å². The maximum absolute atomic E-state index is 11.8. The maximum atomic E-state index is 11.8. The smallest absolute Gasteiger partial charge is 0.370 e. The number of ether oxygens (including phenoxy) is 1. The lowest BCUT2D eigenvalue weighted by molar-refractivity contribution is -0.175. The van der Waals surface area contributed by atoms with Gasteiger partial charge in [0, 0.05) is 12.4 Å². The summed E-state index contributed by atoms with van der Waals surface area (Å²) >= 11 is 0. The fourth-order valence-electron chi connectivity index (χ4n) is 1.10. The molecule has 1 aromatic heterocycles. The van der Waals surface area contributed by atoms with Crippen LogP contribution in [0.1, 0.15) is 11.7 Å². The van der Waals surface area contributed by atoms with Gasteiger partial charge in [0.2, 0.25) is 0 Å². The second-order valence-corrected chi connectivity index (χ2v) is 3.10. The molecule has 0 saturated heterocycles. The third-order valence-electron chi connectivity index (χ3n) is 1.84. The lowest BCUT2D eigenvalue weighted by atomic mass is 10.2. The number of alkyl halides is 3. The average Bonchev–Trinajstić information content (AvgIpc) is 2.24. The zero-order valence-corrected chi connectivity index (χ0v) is 8.66. The molecule has 1 atom stereocenters. The van der Waals surface area contributed by atoms with Crippen molar-refractivity contribution in [2.24, 2.45) is 0 Å². The molecule has 0 bridgehead atoms. The van der Waals surface area contributed by atoms with Crippen LogP contribution in [0.4, 0.5) is 13.2 Å². The molecule has 4 nitrogen and oxygen atoms in total. The lowest BCUT2D eigenvalue weighted by Crippen LogP contribution is -2.26. The highest BCUT2D eigenvalue weighted by molar-refractivity contribution is 5.01. The van der Waals surface area contributed by atoms with Gasteiger partial charge in [0.05, 0.1) is 24.5 Å². The molecule has 0 spiro atoms. The number of halogens is 3. The first-order valence-electron chi connectivity index (χ1n) is 4.60. The largest absolute Gasteiger partial charge is 0.411 e. The van der Waals surface area contributed by atoms with Crippen molar-refractivity contribution in [3.63, 3.8) is 0 Å². The van der Waals surface area contributed by atoms with Crippen LogP contribution in [0.25, 0.3) is 0 Å². The monoisotopic (exact) mass is 235 g/mol. The Labute approximate surface area is 90.9 Å². The van der Waals surface area contributed by atoms with Gasteiger partial charge in [-0.25, -0.2) is 0 Å². The molecule has 0 aliphatic heterocycles. The first-order chi connectivity index (χ1) is 7.53. The van der Waals surface area contributed by atoms with Crippen LogP contribution in [0.15, 0.2) is 18.6 Å². The predicted octanol–water partition coefficient (Wildman–Crippen LogP) is 1.32. The van der Waals surface area contributed by atoms with E-state index in [0.29, 0.717) is 5.69 Å². The van der Waals surface area contributed by atoms with Crippen molar-refractivity contribution in [3.05, 3.63) is 24.3 Å². The minimum Gasteiger partial charge on any atom is -0.370 e. The highest BCUT2D eigenvalue weighted by Crippen LogP contribution is 2.16. The molecule has 0 amide bonds. The van der Waals surface area contributed by atoms with Gasteiger partial charge < -0.3 is 10.1 Å². The number of hydrogen-bond donors (Lipinski definition) is 1. The highest BCUT2D eigenvalue weighted by Gasteiger charge is 2.28. The van der Waals surface area contributed by atoms with Gasteiger partial charge in [0.1, 0.15) is 6.61 Å². The van der Waals surface area contributed by atoms with Gasteiger partial charge in [-0.2, -0.15) is 13.2 Å². The van der Waals surface area contributed by atoms with Crippen LogP contribution in [-0.2, 0) is 4.74 Å². The molecule has 0 aliphatic rings. The van der Waals surface area contributed by atoms with Gasteiger partial charge in [-0.15, -0.1) is 0 Å². The van der Waals surface area contributed by atoms with Crippen LogP contribution in [0.5, 0.6) is 0 Å². The van der Waals surface area contributed by atoms with E-state index in [1.807, 2.05) is 0 Å². The Morgan fingerprint density at radius 3 is 2.69 bits per heavy atom. The summed E-state index contributed by atoms with van der Waals surface area (Å²) in [7, 11) is 1.62. The topological polar surface area (TPSA) is 47.0 Å². The highest BCUT2D eigenvalue weighted by atomic mass is 19.4. The Balaban J connectivity index is 2.45. The molecule has 0 radical (unpaired) electrons. The summed E-state index contributed by atoms with van der Waals surface area (Å²) in [6, 6.07) is -0.393. The summed E-state index contributed by atoms with van der Waals surface area (Å²) in [5.74, 6) is 0. The molecule has 7 heteroatoms. The van der Waals surface area contributed by atoms with E-state index in [4.69, 9.17) is 0 Å². The molecular weight excluding hydrogens is 223 g/mol. The molecule has 0 fully saturated rings. The van der Waals surface area contributed by atoms with E-state index in [2.05, 4.69) is 20.0 Å². The Hall–Kier alpha value is -1.21. The van der Waals surface area contributed by atoms with E-state index in [1.165, 1.54) is 18.6 Å². The molecule has 90 valence electrons. The molecule has 0 aromatic carbocycles. The van der Waals surface area contributed by atoms with Crippen LogP contribution < -0.4 is 5.32 Å². The van der Waals surface area contributed by atoms with Crippen LogP contribution in [0.2, 0.25) is 0 Å².